The molecule has 0 unspecified atom stereocenters. The number of Topliss-reactive ketones (excluding diaryl/α,β-unsaturated/α-hetero) is 2. The van der Waals surface area contributed by atoms with E-state index in [2.05, 4.69) is 0 Å². The van der Waals surface area contributed by atoms with E-state index in [0.717, 1.165) is 0 Å². The maximum absolute atomic E-state index is 12.2. The number of aliphatic hydroxyl groups is 1. The van der Waals surface area contributed by atoms with Gasteiger partial charge in [-0.3, -0.25) is 9.59 Å². The summed E-state index contributed by atoms with van der Waals surface area (Å²) in [5.41, 5.74) is 0.213. The molecule has 38 heavy (non-hydrogen) atoms. The second-order valence-corrected chi connectivity index (χ2v) is 7.83. The zero-order chi connectivity index (χ0) is 28.1. The lowest BCUT2D eigenvalue weighted by atomic mass is 10.1. The molecule has 2 aromatic rings. The van der Waals surface area contributed by atoms with Crippen molar-refractivity contribution in [3.63, 3.8) is 0 Å². The first-order valence-electron chi connectivity index (χ1n) is 12.0. The van der Waals surface area contributed by atoms with Gasteiger partial charge in [-0.05, 0) is 52.0 Å². The van der Waals surface area contributed by atoms with Crippen molar-refractivity contribution in [1.82, 2.24) is 0 Å². The molecule has 0 spiro atoms. The molecule has 0 heterocycles. The summed E-state index contributed by atoms with van der Waals surface area (Å²) in [7, 11) is 0. The van der Waals surface area contributed by atoms with Crippen LogP contribution in [0.5, 0.6) is 23.0 Å². The van der Waals surface area contributed by atoms with Crippen LogP contribution < -0.4 is 18.9 Å². The van der Waals surface area contributed by atoms with Crippen molar-refractivity contribution in [2.45, 2.75) is 33.8 Å². The standard InChI is InChI=1S/C27H32O11/c1-5-33-24(31)15-37-22-11-7-9-20(26(22)17(3)28)35-13-19(30)14-36-21-10-8-12-23(27(21)18(4)29)38-16-25(32)34-6-2/h7-12,19,30H,5-6,13-16H2,1-4H3. The number of rotatable bonds is 16. The third-order valence-electron chi connectivity index (χ3n) is 4.84. The first-order chi connectivity index (χ1) is 18.2. The van der Waals surface area contributed by atoms with Crippen LogP contribution >= 0.6 is 0 Å². The first-order valence-corrected chi connectivity index (χ1v) is 12.0. The predicted molar refractivity (Wildman–Crippen MR) is 134 cm³/mol. The molecule has 0 aromatic heterocycles. The van der Waals surface area contributed by atoms with Gasteiger partial charge in [0.1, 0.15) is 53.4 Å². The molecule has 0 radical (unpaired) electrons. The number of esters is 2. The van der Waals surface area contributed by atoms with E-state index in [1.807, 2.05) is 0 Å². The minimum atomic E-state index is -1.15. The maximum Gasteiger partial charge on any atom is 0.344 e. The van der Waals surface area contributed by atoms with E-state index < -0.39 is 18.0 Å². The zero-order valence-electron chi connectivity index (χ0n) is 21.8. The number of carbonyl (C=O) groups is 4. The Bertz CT molecular complexity index is 1040. The first kappa shape index (κ1) is 30.1. The monoisotopic (exact) mass is 532 g/mol. The summed E-state index contributed by atoms with van der Waals surface area (Å²) < 4.78 is 31.8. The molecule has 2 rings (SSSR count). The molecule has 11 nitrogen and oxygen atoms in total. The summed E-state index contributed by atoms with van der Waals surface area (Å²) in [5.74, 6) is -1.32. The molecule has 0 saturated heterocycles. The molecule has 0 aliphatic rings. The smallest absolute Gasteiger partial charge is 0.344 e. The summed E-state index contributed by atoms with van der Waals surface area (Å²) in [5, 5.41) is 10.4. The van der Waals surface area contributed by atoms with Crippen molar-refractivity contribution in [2.24, 2.45) is 0 Å². The molecular formula is C27H32O11. The van der Waals surface area contributed by atoms with Gasteiger partial charge in [0.25, 0.3) is 0 Å². The lowest BCUT2D eigenvalue weighted by molar-refractivity contribution is -0.146. The Hall–Kier alpha value is -4.12. The highest BCUT2D eigenvalue weighted by Gasteiger charge is 2.20. The van der Waals surface area contributed by atoms with Crippen LogP contribution in [0.25, 0.3) is 0 Å². The van der Waals surface area contributed by atoms with Crippen LogP contribution in [0.2, 0.25) is 0 Å². The van der Waals surface area contributed by atoms with Crippen molar-refractivity contribution >= 4 is 23.5 Å². The fourth-order valence-corrected chi connectivity index (χ4v) is 3.30. The highest BCUT2D eigenvalue weighted by molar-refractivity contribution is 6.00. The molecule has 206 valence electrons. The highest BCUT2D eigenvalue weighted by atomic mass is 16.6. The maximum atomic E-state index is 12.2. The third-order valence-corrected chi connectivity index (χ3v) is 4.84. The minimum Gasteiger partial charge on any atom is -0.490 e. The number of benzene rings is 2. The fraction of sp³-hybridized carbons (Fsp3) is 0.407. The van der Waals surface area contributed by atoms with Crippen LogP contribution in [0.3, 0.4) is 0 Å². The second kappa shape index (κ2) is 15.2. The molecule has 0 saturated carbocycles. The van der Waals surface area contributed by atoms with E-state index in [9.17, 15) is 24.3 Å². The van der Waals surface area contributed by atoms with Crippen LogP contribution in [0.15, 0.2) is 36.4 Å². The molecule has 1 N–H and O–H groups in total. The minimum absolute atomic E-state index is 0.107. The number of aliphatic hydroxyl groups excluding tert-OH is 1. The predicted octanol–water partition coefficient (Wildman–Crippen LogP) is 2.79. The quantitative estimate of drug-likeness (QED) is 0.252. The second-order valence-electron chi connectivity index (χ2n) is 7.83. The number of hydrogen-bond acceptors (Lipinski definition) is 11. The van der Waals surface area contributed by atoms with E-state index in [4.69, 9.17) is 28.4 Å². The number of ether oxygens (including phenoxy) is 6. The summed E-state index contributed by atoms with van der Waals surface area (Å²) in [6.07, 6.45) is -1.15. The van der Waals surface area contributed by atoms with E-state index in [0.29, 0.717) is 0 Å². The van der Waals surface area contributed by atoms with Crippen LogP contribution in [-0.4, -0.2) is 74.4 Å². The largest absolute Gasteiger partial charge is 0.490 e. The van der Waals surface area contributed by atoms with Gasteiger partial charge in [-0.2, -0.15) is 0 Å². The van der Waals surface area contributed by atoms with Crippen LogP contribution in [-0.2, 0) is 19.1 Å². The summed E-state index contributed by atoms with van der Waals surface area (Å²) in [6.45, 7) is 5.10. The van der Waals surface area contributed by atoms with Crippen molar-refractivity contribution in [3.8, 4) is 23.0 Å². The third kappa shape index (κ3) is 9.07. The van der Waals surface area contributed by atoms with E-state index >= 15 is 0 Å². The Balaban J connectivity index is 2.05. The normalized spacial score (nSPS) is 10.5. The molecule has 0 bridgehead atoms. The van der Waals surface area contributed by atoms with Crippen LogP contribution in [0, 0.1) is 0 Å². The van der Waals surface area contributed by atoms with Gasteiger partial charge in [0.15, 0.2) is 24.8 Å². The molecule has 0 aliphatic carbocycles. The van der Waals surface area contributed by atoms with E-state index in [1.165, 1.54) is 38.1 Å². The van der Waals surface area contributed by atoms with Gasteiger partial charge in [-0.1, -0.05) is 12.1 Å². The SMILES string of the molecule is CCOC(=O)COc1cccc(OCC(O)COc2cccc(OCC(=O)OCC)c2C(C)=O)c1C(C)=O. The average Bonchev–Trinajstić information content (AvgIpc) is 2.88. The van der Waals surface area contributed by atoms with Crippen molar-refractivity contribution in [1.29, 1.82) is 0 Å². The molecule has 0 amide bonds. The van der Waals surface area contributed by atoms with Gasteiger partial charge in [-0.15, -0.1) is 0 Å². The van der Waals surface area contributed by atoms with Crippen molar-refractivity contribution in [3.05, 3.63) is 47.5 Å². The molecule has 2 aromatic carbocycles. The van der Waals surface area contributed by atoms with Gasteiger partial charge < -0.3 is 33.5 Å². The van der Waals surface area contributed by atoms with Crippen molar-refractivity contribution in [2.75, 3.05) is 39.6 Å². The molecule has 11 heteroatoms. The Kier molecular flexibility index (Phi) is 12.0. The Morgan fingerprint density at radius 2 is 1.00 bits per heavy atom. The lowest BCUT2D eigenvalue weighted by Crippen LogP contribution is -2.26. The topological polar surface area (TPSA) is 144 Å². The van der Waals surface area contributed by atoms with Crippen LogP contribution in [0.4, 0.5) is 0 Å². The number of ketones is 2. The molecule has 0 fully saturated rings. The summed E-state index contributed by atoms with van der Waals surface area (Å²) in [6, 6.07) is 9.24. The van der Waals surface area contributed by atoms with Crippen LogP contribution in [0.1, 0.15) is 48.4 Å². The Morgan fingerprint density at radius 1 is 0.658 bits per heavy atom. The molecule has 0 aliphatic heterocycles. The van der Waals surface area contributed by atoms with E-state index in [1.54, 1.807) is 26.0 Å². The Morgan fingerprint density at radius 3 is 1.32 bits per heavy atom. The van der Waals surface area contributed by atoms with E-state index in [-0.39, 0.29) is 85.3 Å². The number of carbonyl (C=O) groups excluding carboxylic acids is 4. The lowest BCUT2D eigenvalue weighted by Gasteiger charge is -2.18. The highest BCUT2D eigenvalue weighted by Crippen LogP contribution is 2.31. The van der Waals surface area contributed by atoms with Gasteiger partial charge in [-0.25, -0.2) is 9.59 Å². The molecular weight excluding hydrogens is 500 g/mol. The molecule has 0 atom stereocenters. The van der Waals surface area contributed by atoms with Gasteiger partial charge in [0.05, 0.1) is 13.2 Å². The number of hydrogen-bond donors (Lipinski definition) is 1. The van der Waals surface area contributed by atoms with Gasteiger partial charge >= 0.3 is 11.9 Å². The van der Waals surface area contributed by atoms with Gasteiger partial charge in [0.2, 0.25) is 0 Å². The Labute approximate surface area is 220 Å². The average molecular weight is 533 g/mol. The van der Waals surface area contributed by atoms with Gasteiger partial charge in [0, 0.05) is 0 Å². The zero-order valence-corrected chi connectivity index (χ0v) is 21.8. The van der Waals surface area contributed by atoms with Crippen molar-refractivity contribution < 1.29 is 52.7 Å². The summed E-state index contributed by atoms with van der Waals surface area (Å²) >= 11 is 0. The summed E-state index contributed by atoms with van der Waals surface area (Å²) in [4.78, 5) is 47.7. The fourth-order valence-electron chi connectivity index (χ4n) is 3.30.